The van der Waals surface area contributed by atoms with Crippen LogP contribution in [0, 0.1) is 34.0 Å². The topological polar surface area (TPSA) is 660 Å². The zero-order valence-corrected chi connectivity index (χ0v) is 76.4. The summed E-state index contributed by atoms with van der Waals surface area (Å²) in [5, 5.41) is 150. The molecule has 15 N–H and O–H groups in total. The Morgan fingerprint density at radius 3 is 0.963 bits per heavy atom. The fraction of sp³-hybridized carbons (Fsp3) is 0.152. The quantitative estimate of drug-likeness (QED) is 0.00552. The smallest absolute Gasteiger partial charge is 0.346 e. The minimum Gasteiger partial charge on any atom is -0.480 e. The molecule has 36 nitrogen and oxygen atoms in total. The molecule has 1 aliphatic heterocycles. The fourth-order valence-electron chi connectivity index (χ4n) is 8.23. The van der Waals surface area contributed by atoms with Crippen LogP contribution in [0.1, 0.15) is 155 Å². The SMILES string of the molecule is CC=C(C#N)C(=O)O.CC=C(C(=O)O)C(=O)O.CC=CC(=O)O.CC=CC=C(C#N)C(=O)O.CC=CC=C(C(=O)O)C(=O)O.CC=CC=CC(=O)O.CC=Cc1ccc(C(=O)O)cc1.CC=Cc1ccc(C=C(C#N)C(=O)O)cc1.CC=Cc1ccc(C=C(C(=O)O)C(=O)O)cc1.CC=Cc1ccc(C=CC(=O)O)cc1.CC=Cc1cccc(C(=O)O)c1.CCC1OC(=S)N(CC(=O)O)C1=O. The highest BCUT2D eigenvalue weighted by Gasteiger charge is 2.37. The molecule has 0 bridgehead atoms. The van der Waals surface area contributed by atoms with Crippen molar-refractivity contribution < 1.29 is 158 Å². The number of hydrogen-bond acceptors (Lipinski definition) is 21. The monoisotopic (exact) mass is 1890 g/mol. The number of ether oxygens (including phenoxy) is 1. The number of rotatable bonds is 28. The summed E-state index contributed by atoms with van der Waals surface area (Å²) in [6.45, 7) is 20.7. The maximum absolute atomic E-state index is 11.3. The lowest BCUT2D eigenvalue weighted by molar-refractivity contribution is -0.142. The predicted octanol–water partition coefficient (Wildman–Crippen LogP) is 16.9. The number of thiocarbonyl (C=S) groups is 1. The van der Waals surface area contributed by atoms with Crippen molar-refractivity contribution in [2.45, 2.75) is 95.6 Å². The molecular formula is C99H104N4O32S. The molecule has 5 aromatic rings. The molecule has 1 heterocycles. The van der Waals surface area contributed by atoms with E-state index in [9.17, 15) is 76.7 Å². The van der Waals surface area contributed by atoms with Crippen LogP contribution >= 0.6 is 12.2 Å². The Labute approximate surface area is 788 Å². The van der Waals surface area contributed by atoms with Crippen molar-refractivity contribution in [1.82, 2.24) is 4.90 Å². The van der Waals surface area contributed by atoms with E-state index < -0.39 is 119 Å². The highest BCUT2D eigenvalue weighted by Crippen LogP contribution is 2.17. The number of amides is 1. The van der Waals surface area contributed by atoms with Crippen LogP contribution in [0.5, 0.6) is 0 Å². The zero-order chi connectivity index (χ0) is 105. The number of aliphatic carboxylic acids is 13. The van der Waals surface area contributed by atoms with Gasteiger partial charge in [0.15, 0.2) is 6.10 Å². The first-order valence-electron chi connectivity index (χ1n) is 39.0. The number of carbonyl (C=O) groups is 16. The average Bonchev–Trinajstić information content (AvgIpc) is 1.69. The van der Waals surface area contributed by atoms with Gasteiger partial charge in [-0.15, -0.1) is 0 Å². The van der Waals surface area contributed by atoms with E-state index >= 15 is 0 Å². The van der Waals surface area contributed by atoms with Crippen LogP contribution in [0.15, 0.2) is 276 Å². The summed E-state index contributed by atoms with van der Waals surface area (Å²) in [5.41, 5.74) is 5.20. The van der Waals surface area contributed by atoms with Gasteiger partial charge in [0.25, 0.3) is 11.1 Å². The molecule has 0 saturated carbocycles. The summed E-state index contributed by atoms with van der Waals surface area (Å²) < 4.78 is 4.98. The summed E-state index contributed by atoms with van der Waals surface area (Å²) in [4.78, 5) is 165. The van der Waals surface area contributed by atoms with E-state index in [1.807, 2.05) is 145 Å². The third-order valence-corrected chi connectivity index (χ3v) is 14.7. The Hall–Kier alpha value is -18.4. The summed E-state index contributed by atoms with van der Waals surface area (Å²) in [6.07, 6.45) is 43.4. The van der Waals surface area contributed by atoms with Crippen LogP contribution in [-0.2, 0) is 71.9 Å². The van der Waals surface area contributed by atoms with Gasteiger partial charge >= 0.3 is 89.5 Å². The molecule has 5 aromatic carbocycles. The summed E-state index contributed by atoms with van der Waals surface area (Å²) >= 11 is 4.70. The molecule has 1 fully saturated rings. The number of nitrogens with zero attached hydrogens (tertiary/aromatic N) is 4. The number of carbonyl (C=O) groups excluding carboxylic acids is 1. The standard InChI is InChI=1S/C13H11NO2.C13H12O4.C12H12O2.2C10H10O2.C7H9NO4S.C7H7NO2.C7H8O4.C6H8O2.C5H5NO2.C5H6O4.C4H6O2/c1-2-3-10-4-6-11(7-5-10)8-12(9-14)13(15)16;1-2-3-9-4-6-10(7-5-9)8-11(12(14)15)13(16)17;1-2-3-10-4-6-11(7-5-10)8-9-12(13)14;1-2-4-8-5-3-6-9(7-8)10(11)12;1-2-3-8-4-6-9(7-5-8)10(11)12;1-2-4-6(11)8(3-5(9)10)7(13)12-4;1-2-3-4-6(5-8)7(9)10;1-2-3-4-5(6(8)9)7(10)11;1-2-3-4-5-6(7)8;1-2-4(3-6)5(7)8;1-2-3(4(6)7)5(8)9;1-2-3-4(5)6/h2-8H,1H3,(H,15,16);2-8H,1H3,(H,14,15)(H,16,17);2-9H,1H3,(H,13,14);2*2-7H,1H3,(H,11,12);4H,2-3H2,1H3,(H,9,10);2-4H,1H3,(H,9,10);2-4H,1H3,(H,8,9)(H,10,11);2-5H,1H3,(H,7,8);2H,1H3,(H,7,8);2H,1H3,(H,6,7)(H,8,9);2-3H,1H3,(H,5,6). The third kappa shape index (κ3) is 66.0. The Balaban J connectivity index is -0.000000342. The maximum atomic E-state index is 11.3. The van der Waals surface area contributed by atoms with E-state index in [1.165, 1.54) is 62.4 Å². The van der Waals surface area contributed by atoms with Gasteiger partial charge in [0.2, 0.25) is 0 Å². The normalized spacial score (nSPS) is 11.5. The number of hydrogen-bond donors (Lipinski definition) is 15. The van der Waals surface area contributed by atoms with E-state index in [4.69, 9.17) is 109 Å². The fourth-order valence-corrected chi connectivity index (χ4v) is 8.50. The average molecular weight is 1890 g/mol. The van der Waals surface area contributed by atoms with Gasteiger partial charge in [-0.3, -0.25) is 14.5 Å². The first-order valence-corrected chi connectivity index (χ1v) is 39.4. The van der Waals surface area contributed by atoms with Crippen LogP contribution in [0.25, 0.3) is 48.6 Å². The highest BCUT2D eigenvalue weighted by molar-refractivity contribution is 7.80. The minimum absolute atomic E-state index is 0.0424. The number of allylic oxidation sites excluding steroid dienone is 17. The van der Waals surface area contributed by atoms with Gasteiger partial charge in [0.1, 0.15) is 58.2 Å². The lowest BCUT2D eigenvalue weighted by atomic mass is 10.1. The zero-order valence-electron chi connectivity index (χ0n) is 75.5. The predicted molar refractivity (Wildman–Crippen MR) is 512 cm³/mol. The number of nitriles is 3. The van der Waals surface area contributed by atoms with Gasteiger partial charge in [-0.05, 0) is 194 Å². The molecule has 1 saturated heterocycles. The lowest BCUT2D eigenvalue weighted by Gasteiger charge is -2.08. The third-order valence-electron chi connectivity index (χ3n) is 14.4. The number of benzene rings is 5. The number of carboxylic acid groups (broad SMARTS) is 15. The van der Waals surface area contributed by atoms with Crippen LogP contribution in [0.4, 0.5) is 0 Å². The largest absolute Gasteiger partial charge is 0.480 e. The first kappa shape index (κ1) is 128. The minimum atomic E-state index is -1.45. The molecule has 37 heteroatoms. The van der Waals surface area contributed by atoms with Crippen molar-refractivity contribution in [3.05, 3.63) is 332 Å². The van der Waals surface area contributed by atoms with E-state index in [0.29, 0.717) is 28.7 Å². The second kappa shape index (κ2) is 78.8. The molecule has 0 radical (unpaired) electrons. The van der Waals surface area contributed by atoms with Crippen LogP contribution in [0.3, 0.4) is 0 Å². The molecule has 1 atom stereocenters. The Kier molecular flexibility index (Phi) is 74.3. The van der Waals surface area contributed by atoms with Crippen molar-refractivity contribution in [3.8, 4) is 18.2 Å². The molecule has 0 spiro atoms. The highest BCUT2D eigenvalue weighted by atomic mass is 32.1. The molecular weight excluding hydrogens is 1790 g/mol. The van der Waals surface area contributed by atoms with Gasteiger partial charge in [-0.25, -0.2) is 67.1 Å². The molecule has 1 amide bonds. The lowest BCUT2D eigenvalue weighted by Crippen LogP contribution is -2.35. The summed E-state index contributed by atoms with van der Waals surface area (Å²) in [6, 6.07) is 40.1. The summed E-state index contributed by atoms with van der Waals surface area (Å²) in [5.74, 6) is -18.1. The van der Waals surface area contributed by atoms with Crippen LogP contribution < -0.4 is 0 Å². The van der Waals surface area contributed by atoms with E-state index in [0.717, 1.165) is 74.7 Å². The Bertz CT molecular complexity index is 5500. The van der Waals surface area contributed by atoms with Gasteiger partial charge in [-0.1, -0.05) is 226 Å². The summed E-state index contributed by atoms with van der Waals surface area (Å²) in [7, 11) is 0. The van der Waals surface area contributed by atoms with Gasteiger partial charge < -0.3 is 81.3 Å². The Morgan fingerprint density at radius 2 is 0.691 bits per heavy atom. The second-order valence-electron chi connectivity index (χ2n) is 24.5. The molecule has 1 aliphatic rings. The molecule has 0 aromatic heterocycles. The number of carboxylic acids is 15. The molecule has 718 valence electrons. The van der Waals surface area contributed by atoms with E-state index in [2.05, 4.69) is 0 Å². The van der Waals surface area contributed by atoms with Gasteiger partial charge in [-0.2, -0.15) is 15.8 Å². The second-order valence-corrected chi connectivity index (χ2v) is 24.9. The Morgan fingerprint density at radius 1 is 0.346 bits per heavy atom. The van der Waals surface area contributed by atoms with E-state index in [1.54, 1.807) is 149 Å². The van der Waals surface area contributed by atoms with Gasteiger partial charge in [0, 0.05) is 18.2 Å². The van der Waals surface area contributed by atoms with Gasteiger partial charge in [0.05, 0.1) is 11.1 Å². The first-order chi connectivity index (χ1) is 64.1. The molecule has 6 rings (SSSR count). The number of aromatic carboxylic acids is 2. The maximum Gasteiger partial charge on any atom is 0.346 e. The van der Waals surface area contributed by atoms with Crippen molar-refractivity contribution in [3.63, 3.8) is 0 Å². The molecule has 1 unspecified atom stereocenters. The van der Waals surface area contributed by atoms with Crippen LogP contribution in [-0.4, -0.2) is 195 Å². The molecule has 136 heavy (non-hydrogen) atoms. The molecule has 0 aliphatic carbocycles. The van der Waals surface area contributed by atoms with Crippen molar-refractivity contribution in [2.24, 2.45) is 0 Å². The van der Waals surface area contributed by atoms with Crippen molar-refractivity contribution >= 4 is 161 Å². The van der Waals surface area contributed by atoms with Crippen molar-refractivity contribution in [2.75, 3.05) is 6.54 Å². The van der Waals surface area contributed by atoms with Crippen molar-refractivity contribution in [1.29, 1.82) is 15.8 Å². The van der Waals surface area contributed by atoms with E-state index in [-0.39, 0.29) is 27.8 Å². The van der Waals surface area contributed by atoms with Crippen LogP contribution in [0.2, 0.25) is 0 Å².